The molecule has 4 N–H and O–H groups in total. The van der Waals surface area contributed by atoms with Gasteiger partial charge in [-0.15, -0.1) is 0 Å². The van der Waals surface area contributed by atoms with Crippen LogP contribution in [-0.4, -0.2) is 28.4 Å². The second kappa shape index (κ2) is 6.63. The minimum atomic E-state index is -1.19. The summed E-state index contributed by atoms with van der Waals surface area (Å²) in [5.41, 5.74) is 0.720. The molecule has 0 fully saturated rings. The van der Waals surface area contributed by atoms with Crippen LogP contribution >= 0.6 is 0 Å². The molecule has 0 saturated heterocycles. The Balaban J connectivity index is 3.06. The van der Waals surface area contributed by atoms with E-state index in [0.717, 1.165) is 5.56 Å². The van der Waals surface area contributed by atoms with Gasteiger partial charge in [-0.3, -0.25) is 0 Å². The predicted molar refractivity (Wildman–Crippen MR) is 70.1 cm³/mol. The molecule has 1 aromatic carbocycles. The summed E-state index contributed by atoms with van der Waals surface area (Å²) < 4.78 is 0. The lowest BCUT2D eigenvalue weighted by atomic mass is 9.91. The fourth-order valence-electron chi connectivity index (χ4n) is 1.95. The molecule has 1 aromatic rings. The van der Waals surface area contributed by atoms with Gasteiger partial charge in [0.15, 0.2) is 0 Å². The normalized spacial score (nSPS) is 13.6. The van der Waals surface area contributed by atoms with Crippen molar-refractivity contribution in [3.63, 3.8) is 0 Å². The van der Waals surface area contributed by atoms with Gasteiger partial charge in [-0.1, -0.05) is 44.2 Å². The fourth-order valence-corrected chi connectivity index (χ4v) is 1.95. The highest BCUT2D eigenvalue weighted by atomic mass is 16.4. The number of nitrogens with one attached hydrogen (secondary N) is 2. The van der Waals surface area contributed by atoms with E-state index in [-0.39, 0.29) is 5.92 Å². The monoisotopic (exact) mass is 266 g/mol. The smallest absolute Gasteiger partial charge is 0.405 e. The second-order valence-corrected chi connectivity index (χ2v) is 4.56. The van der Waals surface area contributed by atoms with Crippen molar-refractivity contribution < 1.29 is 19.8 Å². The Labute approximate surface area is 111 Å². The van der Waals surface area contributed by atoms with Crippen LogP contribution < -0.4 is 10.6 Å². The van der Waals surface area contributed by atoms with Crippen LogP contribution in [0.25, 0.3) is 0 Å². The van der Waals surface area contributed by atoms with Gasteiger partial charge < -0.3 is 20.8 Å². The number of hydrogen-bond donors (Lipinski definition) is 4. The molecule has 0 aromatic heterocycles. The molecule has 0 aliphatic heterocycles. The number of carboxylic acid groups (broad SMARTS) is 2. The van der Waals surface area contributed by atoms with E-state index in [4.69, 9.17) is 10.2 Å². The molecule has 2 unspecified atom stereocenters. The summed E-state index contributed by atoms with van der Waals surface area (Å²) in [5, 5.41) is 22.5. The molecule has 0 aliphatic rings. The third kappa shape index (κ3) is 4.50. The maximum Gasteiger partial charge on any atom is 0.405 e. The Morgan fingerprint density at radius 1 is 1.00 bits per heavy atom. The summed E-state index contributed by atoms with van der Waals surface area (Å²) in [4.78, 5) is 21.8. The Morgan fingerprint density at radius 2 is 1.53 bits per heavy atom. The number of carbonyl (C=O) groups is 2. The van der Waals surface area contributed by atoms with Crippen molar-refractivity contribution in [3.8, 4) is 0 Å². The van der Waals surface area contributed by atoms with Crippen LogP contribution in [0, 0.1) is 5.92 Å². The average molecular weight is 266 g/mol. The summed E-state index contributed by atoms with van der Waals surface area (Å²) >= 11 is 0. The van der Waals surface area contributed by atoms with E-state index in [0.29, 0.717) is 0 Å². The summed E-state index contributed by atoms with van der Waals surface area (Å²) in [6, 6.07) is 7.73. The first kappa shape index (κ1) is 14.8. The lowest BCUT2D eigenvalue weighted by Crippen LogP contribution is -2.48. The highest BCUT2D eigenvalue weighted by Gasteiger charge is 2.28. The number of rotatable bonds is 5. The standard InChI is InChI=1S/C13H18N2O4/c1-8(2)10(14-12(16)17)11(15-13(18)19)9-6-4-3-5-7-9/h3-8,10-11,14-15H,1-2H3,(H,16,17)(H,18,19). The topological polar surface area (TPSA) is 98.7 Å². The van der Waals surface area contributed by atoms with Crippen LogP contribution in [0.5, 0.6) is 0 Å². The molecule has 0 saturated carbocycles. The lowest BCUT2D eigenvalue weighted by Gasteiger charge is -2.30. The van der Waals surface area contributed by atoms with E-state index in [1.807, 2.05) is 19.9 Å². The van der Waals surface area contributed by atoms with E-state index in [2.05, 4.69) is 10.6 Å². The van der Waals surface area contributed by atoms with Gasteiger partial charge in [0, 0.05) is 0 Å². The Bertz CT molecular complexity index is 434. The van der Waals surface area contributed by atoms with Crippen molar-refractivity contribution in [3.05, 3.63) is 35.9 Å². The zero-order valence-electron chi connectivity index (χ0n) is 10.8. The third-order valence-corrected chi connectivity index (χ3v) is 2.81. The molecule has 19 heavy (non-hydrogen) atoms. The molecule has 0 aliphatic carbocycles. The molecule has 2 atom stereocenters. The van der Waals surface area contributed by atoms with Gasteiger partial charge in [-0.25, -0.2) is 9.59 Å². The molecule has 0 bridgehead atoms. The minimum absolute atomic E-state index is 0.0619. The largest absolute Gasteiger partial charge is 0.465 e. The first-order valence-corrected chi connectivity index (χ1v) is 5.95. The van der Waals surface area contributed by atoms with Gasteiger partial charge in [-0.2, -0.15) is 0 Å². The van der Waals surface area contributed by atoms with Gasteiger partial charge >= 0.3 is 12.2 Å². The maximum atomic E-state index is 10.9. The summed E-state index contributed by atoms with van der Waals surface area (Å²) in [6.45, 7) is 3.67. The van der Waals surface area contributed by atoms with Crippen LogP contribution in [0.4, 0.5) is 9.59 Å². The molecule has 0 spiro atoms. The van der Waals surface area contributed by atoms with Gasteiger partial charge in [-0.05, 0) is 11.5 Å². The summed E-state index contributed by atoms with van der Waals surface area (Å²) in [5.74, 6) is -0.0619. The van der Waals surface area contributed by atoms with Gasteiger partial charge in [0.2, 0.25) is 0 Å². The van der Waals surface area contributed by atoms with Crippen LogP contribution in [0.3, 0.4) is 0 Å². The lowest BCUT2D eigenvalue weighted by molar-refractivity contribution is 0.168. The Hall–Kier alpha value is -2.24. The van der Waals surface area contributed by atoms with Crippen LogP contribution in [0.2, 0.25) is 0 Å². The van der Waals surface area contributed by atoms with Crippen LogP contribution in [-0.2, 0) is 0 Å². The van der Waals surface area contributed by atoms with Crippen LogP contribution in [0.15, 0.2) is 30.3 Å². The van der Waals surface area contributed by atoms with Crippen molar-refractivity contribution in [2.75, 3.05) is 0 Å². The van der Waals surface area contributed by atoms with Crippen molar-refractivity contribution >= 4 is 12.2 Å². The van der Waals surface area contributed by atoms with Crippen molar-refractivity contribution in [1.29, 1.82) is 0 Å². The Kier molecular flexibility index (Phi) is 5.17. The number of amides is 2. The third-order valence-electron chi connectivity index (χ3n) is 2.81. The molecule has 1 rings (SSSR count). The molecule has 2 amide bonds. The van der Waals surface area contributed by atoms with E-state index in [1.165, 1.54) is 0 Å². The summed E-state index contributed by atoms with van der Waals surface area (Å²) in [6.07, 6.45) is -2.36. The van der Waals surface area contributed by atoms with Gasteiger partial charge in [0.05, 0.1) is 12.1 Å². The van der Waals surface area contributed by atoms with Crippen molar-refractivity contribution in [1.82, 2.24) is 10.6 Å². The zero-order valence-corrected chi connectivity index (χ0v) is 10.8. The zero-order chi connectivity index (χ0) is 14.4. The molecular weight excluding hydrogens is 248 g/mol. The SMILES string of the molecule is CC(C)C(NC(=O)O)C(NC(=O)O)c1ccccc1. The predicted octanol–water partition coefficient (Wildman–Crippen LogP) is 2.29. The first-order valence-electron chi connectivity index (χ1n) is 5.95. The molecule has 6 heteroatoms. The maximum absolute atomic E-state index is 10.9. The molecule has 0 heterocycles. The van der Waals surface area contributed by atoms with E-state index in [1.54, 1.807) is 24.3 Å². The molecule has 6 nitrogen and oxygen atoms in total. The quantitative estimate of drug-likeness (QED) is 0.657. The number of benzene rings is 1. The van der Waals surface area contributed by atoms with Gasteiger partial charge in [0.25, 0.3) is 0 Å². The van der Waals surface area contributed by atoms with E-state index >= 15 is 0 Å². The highest BCUT2D eigenvalue weighted by Crippen LogP contribution is 2.22. The molecular formula is C13H18N2O4. The number of hydrogen-bond acceptors (Lipinski definition) is 2. The average Bonchev–Trinajstić information content (AvgIpc) is 2.33. The second-order valence-electron chi connectivity index (χ2n) is 4.56. The Morgan fingerprint density at radius 3 is 1.95 bits per heavy atom. The molecule has 104 valence electrons. The van der Waals surface area contributed by atoms with E-state index in [9.17, 15) is 9.59 Å². The van der Waals surface area contributed by atoms with Gasteiger partial charge in [0.1, 0.15) is 0 Å². The molecule has 0 radical (unpaired) electrons. The highest BCUT2D eigenvalue weighted by molar-refractivity contribution is 5.67. The fraction of sp³-hybridized carbons (Fsp3) is 0.385. The van der Waals surface area contributed by atoms with Crippen molar-refractivity contribution in [2.45, 2.75) is 25.9 Å². The first-order chi connectivity index (χ1) is 8.91. The minimum Gasteiger partial charge on any atom is -0.465 e. The summed E-state index contributed by atoms with van der Waals surface area (Å²) in [7, 11) is 0. The van der Waals surface area contributed by atoms with Crippen LogP contribution in [0.1, 0.15) is 25.5 Å². The van der Waals surface area contributed by atoms with E-state index < -0.39 is 24.3 Å². The van der Waals surface area contributed by atoms with Crippen molar-refractivity contribution in [2.24, 2.45) is 5.92 Å².